The van der Waals surface area contributed by atoms with Gasteiger partial charge in [0.2, 0.25) is 0 Å². The van der Waals surface area contributed by atoms with Crippen LogP contribution in [0.4, 0.5) is 4.79 Å². The number of aromatic nitrogens is 2. The summed E-state index contributed by atoms with van der Waals surface area (Å²) in [5, 5.41) is 10.8. The Morgan fingerprint density at radius 3 is 2.67 bits per heavy atom. The number of nitrogens with one attached hydrogen (secondary N) is 2. The summed E-state index contributed by atoms with van der Waals surface area (Å²) in [5.74, 6) is 0.799. The van der Waals surface area contributed by atoms with E-state index in [2.05, 4.69) is 20.7 Å². The smallest absolute Gasteiger partial charge is 0.410 e. The van der Waals surface area contributed by atoms with Gasteiger partial charge in [-0.25, -0.2) is 4.79 Å². The van der Waals surface area contributed by atoms with Crippen LogP contribution in [0.5, 0.6) is 0 Å². The number of halogens is 1. The Hall–Kier alpha value is -1.52. The summed E-state index contributed by atoms with van der Waals surface area (Å²) in [6, 6.07) is 0.207. The molecule has 0 bridgehead atoms. The maximum atomic E-state index is 12.0. The first-order valence-corrected chi connectivity index (χ1v) is 9.27. The van der Waals surface area contributed by atoms with Crippen molar-refractivity contribution in [1.29, 1.82) is 0 Å². The fraction of sp³-hybridized carbons (Fsp3) is 0.722. The largest absolute Gasteiger partial charge is 0.444 e. The molecule has 0 spiro atoms. The van der Waals surface area contributed by atoms with E-state index in [9.17, 15) is 4.79 Å². The molecule has 1 aliphatic rings. The zero-order valence-electron chi connectivity index (χ0n) is 17.0. The number of likely N-dealkylation sites (tertiary alicyclic amines) is 1. The van der Waals surface area contributed by atoms with Crippen molar-refractivity contribution < 1.29 is 9.53 Å². The lowest BCUT2D eigenvalue weighted by Gasteiger charge is -2.40. The average Bonchev–Trinajstić information content (AvgIpc) is 2.90. The fourth-order valence-electron chi connectivity index (χ4n) is 2.63. The number of carbonyl (C=O) groups is 1. The second kappa shape index (κ2) is 10.7. The third-order valence-corrected chi connectivity index (χ3v) is 3.87. The Kier molecular flexibility index (Phi) is 9.34. The number of rotatable bonds is 6. The molecule has 2 N–H and O–H groups in total. The predicted octanol–water partition coefficient (Wildman–Crippen LogP) is 2.15. The number of hydrogen-bond acceptors (Lipinski definition) is 4. The highest BCUT2D eigenvalue weighted by Gasteiger charge is 2.34. The van der Waals surface area contributed by atoms with Gasteiger partial charge in [-0.05, 0) is 46.1 Å². The number of aryl methyl sites for hydroxylation is 2. The Bertz CT molecular complexity index is 620. The molecule has 0 aliphatic carbocycles. The zero-order valence-corrected chi connectivity index (χ0v) is 19.3. The number of aliphatic imine (C=N–C) groups is 1. The predicted molar refractivity (Wildman–Crippen MR) is 118 cm³/mol. The molecule has 1 saturated heterocycles. The van der Waals surface area contributed by atoms with Gasteiger partial charge in [-0.2, -0.15) is 5.10 Å². The highest BCUT2D eigenvalue weighted by Crippen LogP contribution is 2.15. The molecule has 0 aromatic carbocycles. The van der Waals surface area contributed by atoms with Crippen LogP contribution in [0.1, 0.15) is 39.7 Å². The molecule has 1 aromatic rings. The van der Waals surface area contributed by atoms with Crippen molar-refractivity contribution in [3.05, 3.63) is 18.0 Å². The third kappa shape index (κ3) is 8.35. The molecule has 1 aromatic heterocycles. The van der Waals surface area contributed by atoms with Gasteiger partial charge in [0.1, 0.15) is 5.60 Å². The van der Waals surface area contributed by atoms with E-state index in [-0.39, 0.29) is 36.1 Å². The standard InChI is InChI=1S/C18H32N6O2.HI/c1-6-19-16(20-9-7-8-14-10-21-23(5)11-14)22-15-12-24(13-15)17(25)26-18(2,3)4;/h10-11,15H,6-9,12-13H2,1-5H3,(H2,19,20,22);1H. The van der Waals surface area contributed by atoms with Crippen LogP contribution in [-0.4, -0.2) is 64.6 Å². The van der Waals surface area contributed by atoms with Gasteiger partial charge in [0.05, 0.1) is 12.2 Å². The second-order valence-corrected chi connectivity index (χ2v) is 7.61. The van der Waals surface area contributed by atoms with E-state index < -0.39 is 5.60 Å². The average molecular weight is 492 g/mol. The van der Waals surface area contributed by atoms with Gasteiger partial charge < -0.3 is 20.3 Å². The Morgan fingerprint density at radius 2 is 2.11 bits per heavy atom. The van der Waals surface area contributed by atoms with Gasteiger partial charge in [0.15, 0.2) is 5.96 Å². The number of nitrogens with zero attached hydrogens (tertiary/aromatic N) is 4. The molecule has 0 saturated carbocycles. The minimum Gasteiger partial charge on any atom is -0.444 e. The van der Waals surface area contributed by atoms with E-state index in [4.69, 9.17) is 4.74 Å². The summed E-state index contributed by atoms with van der Waals surface area (Å²) in [6.45, 7) is 10.5. The SMILES string of the molecule is CCNC(=NCCCc1cnn(C)c1)NC1CN(C(=O)OC(C)(C)C)C1.I. The number of carbonyl (C=O) groups excluding carboxylic acids is 1. The Labute approximate surface area is 179 Å². The lowest BCUT2D eigenvalue weighted by Crippen LogP contribution is -2.63. The topological polar surface area (TPSA) is 83.8 Å². The Balaban J connectivity index is 0.00000364. The van der Waals surface area contributed by atoms with Crippen LogP contribution >= 0.6 is 24.0 Å². The fourth-order valence-corrected chi connectivity index (χ4v) is 2.63. The van der Waals surface area contributed by atoms with Crippen LogP contribution in [0.15, 0.2) is 17.4 Å². The number of ether oxygens (including phenoxy) is 1. The summed E-state index contributed by atoms with van der Waals surface area (Å²) in [5.41, 5.74) is 0.771. The zero-order chi connectivity index (χ0) is 19.2. The normalized spacial score (nSPS) is 15.0. The van der Waals surface area contributed by atoms with Gasteiger partial charge in [-0.3, -0.25) is 9.67 Å². The summed E-state index contributed by atoms with van der Waals surface area (Å²) < 4.78 is 7.19. The van der Waals surface area contributed by atoms with Crippen molar-refractivity contribution in [3.63, 3.8) is 0 Å². The molecule has 0 atom stereocenters. The first kappa shape index (κ1) is 23.5. The number of hydrogen-bond donors (Lipinski definition) is 2. The molecule has 27 heavy (non-hydrogen) atoms. The molecule has 1 aliphatic heterocycles. The summed E-state index contributed by atoms with van der Waals surface area (Å²) in [7, 11) is 1.92. The van der Waals surface area contributed by atoms with Crippen LogP contribution < -0.4 is 10.6 Å². The monoisotopic (exact) mass is 492 g/mol. The van der Waals surface area contributed by atoms with E-state index in [0.29, 0.717) is 13.1 Å². The first-order chi connectivity index (χ1) is 12.3. The first-order valence-electron chi connectivity index (χ1n) is 9.27. The van der Waals surface area contributed by atoms with Gasteiger partial charge in [-0.1, -0.05) is 0 Å². The van der Waals surface area contributed by atoms with Crippen LogP contribution in [0.25, 0.3) is 0 Å². The van der Waals surface area contributed by atoms with Crippen molar-refractivity contribution >= 4 is 36.0 Å². The maximum Gasteiger partial charge on any atom is 0.410 e. The quantitative estimate of drug-likeness (QED) is 0.275. The minimum atomic E-state index is -0.458. The van der Waals surface area contributed by atoms with Crippen molar-refractivity contribution in [3.8, 4) is 0 Å². The number of guanidine groups is 1. The molecule has 154 valence electrons. The minimum absolute atomic E-state index is 0. The van der Waals surface area contributed by atoms with E-state index >= 15 is 0 Å². The van der Waals surface area contributed by atoms with Crippen LogP contribution in [0, 0.1) is 0 Å². The second-order valence-electron chi connectivity index (χ2n) is 7.61. The number of amides is 1. The van der Waals surface area contributed by atoms with Gasteiger partial charge in [0, 0.05) is 39.4 Å². The van der Waals surface area contributed by atoms with Crippen molar-refractivity contribution in [2.75, 3.05) is 26.2 Å². The molecule has 8 nitrogen and oxygen atoms in total. The van der Waals surface area contributed by atoms with E-state index in [1.165, 1.54) is 5.56 Å². The summed E-state index contributed by atoms with van der Waals surface area (Å²) in [6.07, 6.45) is 5.61. The van der Waals surface area contributed by atoms with E-state index in [1.807, 2.05) is 51.8 Å². The molecule has 0 unspecified atom stereocenters. The Morgan fingerprint density at radius 1 is 1.41 bits per heavy atom. The van der Waals surface area contributed by atoms with E-state index in [0.717, 1.165) is 31.9 Å². The third-order valence-electron chi connectivity index (χ3n) is 3.87. The van der Waals surface area contributed by atoms with Gasteiger partial charge in [-0.15, -0.1) is 24.0 Å². The van der Waals surface area contributed by atoms with Gasteiger partial charge >= 0.3 is 6.09 Å². The molecule has 2 rings (SSSR count). The van der Waals surface area contributed by atoms with Crippen molar-refractivity contribution in [2.45, 2.75) is 52.2 Å². The van der Waals surface area contributed by atoms with Crippen LogP contribution in [0.2, 0.25) is 0 Å². The molecule has 2 heterocycles. The molecule has 9 heteroatoms. The summed E-state index contributed by atoms with van der Waals surface area (Å²) >= 11 is 0. The molecule has 0 radical (unpaired) electrons. The van der Waals surface area contributed by atoms with Crippen LogP contribution in [0.3, 0.4) is 0 Å². The molecule has 1 amide bonds. The van der Waals surface area contributed by atoms with Crippen molar-refractivity contribution in [1.82, 2.24) is 25.3 Å². The highest BCUT2D eigenvalue weighted by atomic mass is 127. The highest BCUT2D eigenvalue weighted by molar-refractivity contribution is 14.0. The van der Waals surface area contributed by atoms with Crippen LogP contribution in [-0.2, 0) is 18.2 Å². The van der Waals surface area contributed by atoms with Crippen molar-refractivity contribution in [2.24, 2.45) is 12.0 Å². The lowest BCUT2D eigenvalue weighted by atomic mass is 10.1. The lowest BCUT2D eigenvalue weighted by molar-refractivity contribution is 0.00701. The molecular formula is C18H33IN6O2. The van der Waals surface area contributed by atoms with E-state index in [1.54, 1.807) is 4.90 Å². The molecular weight excluding hydrogens is 459 g/mol. The van der Waals surface area contributed by atoms with Gasteiger partial charge in [0.25, 0.3) is 0 Å². The summed E-state index contributed by atoms with van der Waals surface area (Å²) in [4.78, 5) is 18.3. The maximum absolute atomic E-state index is 12.0. The molecule has 1 fully saturated rings.